The maximum Gasteiger partial charge on any atom is 0.330 e. The lowest BCUT2D eigenvalue weighted by Crippen LogP contribution is -2.01. The Labute approximate surface area is 115 Å². The van der Waals surface area contributed by atoms with Crippen LogP contribution in [-0.2, 0) is 9.53 Å². The molecule has 0 aromatic heterocycles. The molecule has 3 heteroatoms. The van der Waals surface area contributed by atoms with Crippen molar-refractivity contribution >= 4 is 11.5 Å². The van der Waals surface area contributed by atoms with Crippen molar-refractivity contribution in [1.29, 1.82) is 0 Å². The Bertz CT molecular complexity index is 430. The number of carbonyl (C=O) groups is 1. The predicted octanol–water partition coefficient (Wildman–Crippen LogP) is 3.69. The smallest absolute Gasteiger partial charge is 0.330 e. The van der Waals surface area contributed by atoms with Crippen molar-refractivity contribution in [2.75, 3.05) is 13.7 Å². The number of allylic oxidation sites excluding steroid dienone is 1. The number of carbonyl (C=O) groups excluding carboxylic acids is 1. The molecule has 1 aromatic rings. The molecule has 0 aliphatic rings. The van der Waals surface area contributed by atoms with Crippen LogP contribution in [0.4, 0.5) is 0 Å². The standard InChI is InChI=1S/C16H22O3/c1-5-10-19-14-8-6-13(7-9-14)15(12(2)3)11-16(17)18-4/h6-9,11-12H,5,10H2,1-4H3. The summed E-state index contributed by atoms with van der Waals surface area (Å²) in [5, 5.41) is 0. The molecule has 0 bridgehead atoms. The van der Waals surface area contributed by atoms with Crippen LogP contribution in [0, 0.1) is 5.92 Å². The van der Waals surface area contributed by atoms with Gasteiger partial charge in [-0.3, -0.25) is 0 Å². The summed E-state index contributed by atoms with van der Waals surface area (Å²) >= 11 is 0. The fourth-order valence-corrected chi connectivity index (χ4v) is 1.73. The van der Waals surface area contributed by atoms with Gasteiger partial charge in [0.25, 0.3) is 0 Å². The zero-order valence-electron chi connectivity index (χ0n) is 12.1. The van der Waals surface area contributed by atoms with Gasteiger partial charge in [0, 0.05) is 6.08 Å². The van der Waals surface area contributed by atoms with E-state index in [2.05, 4.69) is 25.5 Å². The molecule has 0 unspecified atom stereocenters. The van der Waals surface area contributed by atoms with E-state index < -0.39 is 0 Å². The number of methoxy groups -OCH3 is 1. The monoisotopic (exact) mass is 262 g/mol. The lowest BCUT2D eigenvalue weighted by atomic mass is 9.95. The summed E-state index contributed by atoms with van der Waals surface area (Å²) in [6.07, 6.45) is 2.54. The molecule has 0 amide bonds. The Balaban J connectivity index is 2.92. The second-order valence-electron chi connectivity index (χ2n) is 4.65. The molecule has 1 aromatic carbocycles. The molecule has 0 heterocycles. The minimum Gasteiger partial charge on any atom is -0.494 e. The normalized spacial score (nSPS) is 11.5. The number of benzene rings is 1. The molecule has 0 saturated heterocycles. The van der Waals surface area contributed by atoms with Gasteiger partial charge in [0.05, 0.1) is 13.7 Å². The molecule has 0 aliphatic carbocycles. The third-order valence-electron chi connectivity index (χ3n) is 2.76. The molecule has 19 heavy (non-hydrogen) atoms. The summed E-state index contributed by atoms with van der Waals surface area (Å²) in [5.74, 6) is 0.781. The Morgan fingerprint density at radius 3 is 2.37 bits per heavy atom. The van der Waals surface area contributed by atoms with Crippen LogP contribution in [-0.4, -0.2) is 19.7 Å². The van der Waals surface area contributed by atoms with Gasteiger partial charge in [-0.2, -0.15) is 0 Å². The lowest BCUT2D eigenvalue weighted by Gasteiger charge is -2.12. The molecule has 104 valence electrons. The highest BCUT2D eigenvalue weighted by Gasteiger charge is 2.09. The van der Waals surface area contributed by atoms with E-state index in [1.165, 1.54) is 7.11 Å². The minimum atomic E-state index is -0.324. The second kappa shape index (κ2) is 7.62. The zero-order valence-corrected chi connectivity index (χ0v) is 12.1. The Morgan fingerprint density at radius 1 is 1.26 bits per heavy atom. The van der Waals surface area contributed by atoms with Gasteiger partial charge in [0.2, 0.25) is 0 Å². The average molecular weight is 262 g/mol. The van der Waals surface area contributed by atoms with Gasteiger partial charge in [0.1, 0.15) is 5.75 Å². The molecular formula is C16H22O3. The van der Waals surface area contributed by atoms with Gasteiger partial charge in [-0.05, 0) is 35.6 Å². The van der Waals surface area contributed by atoms with Crippen molar-refractivity contribution < 1.29 is 14.3 Å². The van der Waals surface area contributed by atoms with Crippen LogP contribution >= 0.6 is 0 Å². The first-order valence-corrected chi connectivity index (χ1v) is 6.61. The van der Waals surface area contributed by atoms with E-state index >= 15 is 0 Å². The molecule has 0 saturated carbocycles. The van der Waals surface area contributed by atoms with Crippen LogP contribution < -0.4 is 4.74 Å². The highest BCUT2D eigenvalue weighted by Crippen LogP contribution is 2.25. The average Bonchev–Trinajstić information content (AvgIpc) is 2.42. The summed E-state index contributed by atoms with van der Waals surface area (Å²) in [5.41, 5.74) is 1.98. The Hall–Kier alpha value is -1.77. The summed E-state index contributed by atoms with van der Waals surface area (Å²) < 4.78 is 10.2. The molecule has 1 rings (SSSR count). The van der Waals surface area contributed by atoms with Crippen LogP contribution in [0.1, 0.15) is 32.8 Å². The summed E-state index contributed by atoms with van der Waals surface area (Å²) in [6, 6.07) is 7.80. The fourth-order valence-electron chi connectivity index (χ4n) is 1.73. The summed E-state index contributed by atoms with van der Waals surface area (Å²) in [6.45, 7) is 6.89. The van der Waals surface area contributed by atoms with Crippen LogP contribution in [0.3, 0.4) is 0 Å². The van der Waals surface area contributed by atoms with Crippen LogP contribution in [0.15, 0.2) is 30.3 Å². The molecule has 0 N–H and O–H groups in total. The molecule has 0 aliphatic heterocycles. The number of hydrogen-bond donors (Lipinski definition) is 0. The predicted molar refractivity (Wildman–Crippen MR) is 77.1 cm³/mol. The Morgan fingerprint density at radius 2 is 1.89 bits per heavy atom. The van der Waals surface area contributed by atoms with Gasteiger partial charge in [-0.15, -0.1) is 0 Å². The van der Waals surface area contributed by atoms with Crippen molar-refractivity contribution in [3.05, 3.63) is 35.9 Å². The molecule has 0 spiro atoms. The van der Waals surface area contributed by atoms with E-state index in [9.17, 15) is 4.79 Å². The van der Waals surface area contributed by atoms with Crippen molar-refractivity contribution in [2.24, 2.45) is 5.92 Å². The van der Waals surface area contributed by atoms with Gasteiger partial charge < -0.3 is 9.47 Å². The van der Waals surface area contributed by atoms with E-state index in [4.69, 9.17) is 4.74 Å². The molecule has 0 atom stereocenters. The third kappa shape index (κ3) is 4.78. The SMILES string of the molecule is CCCOc1ccc(C(=CC(=O)OC)C(C)C)cc1. The van der Waals surface area contributed by atoms with Crippen molar-refractivity contribution in [3.63, 3.8) is 0 Å². The van der Waals surface area contributed by atoms with E-state index in [-0.39, 0.29) is 11.9 Å². The van der Waals surface area contributed by atoms with E-state index in [0.29, 0.717) is 6.61 Å². The quantitative estimate of drug-likeness (QED) is 0.579. The van der Waals surface area contributed by atoms with Gasteiger partial charge in [-0.25, -0.2) is 4.79 Å². The van der Waals surface area contributed by atoms with E-state index in [1.807, 2.05) is 24.3 Å². The molecule has 0 radical (unpaired) electrons. The number of esters is 1. The van der Waals surface area contributed by atoms with E-state index in [0.717, 1.165) is 23.3 Å². The fraction of sp³-hybridized carbons (Fsp3) is 0.438. The first-order chi connectivity index (χ1) is 9.08. The highest BCUT2D eigenvalue weighted by atomic mass is 16.5. The van der Waals surface area contributed by atoms with Crippen LogP contribution in [0.5, 0.6) is 5.75 Å². The number of rotatable bonds is 6. The lowest BCUT2D eigenvalue weighted by molar-refractivity contribution is -0.134. The Kier molecular flexibility index (Phi) is 6.13. The summed E-state index contributed by atoms with van der Waals surface area (Å²) in [7, 11) is 1.39. The van der Waals surface area contributed by atoms with Gasteiger partial charge in [0.15, 0.2) is 0 Å². The van der Waals surface area contributed by atoms with E-state index in [1.54, 1.807) is 6.08 Å². The third-order valence-corrected chi connectivity index (χ3v) is 2.76. The maximum atomic E-state index is 11.4. The highest BCUT2D eigenvalue weighted by molar-refractivity contribution is 5.91. The number of hydrogen-bond acceptors (Lipinski definition) is 3. The number of ether oxygens (including phenoxy) is 2. The van der Waals surface area contributed by atoms with Gasteiger partial charge in [-0.1, -0.05) is 32.9 Å². The second-order valence-corrected chi connectivity index (χ2v) is 4.65. The van der Waals surface area contributed by atoms with Crippen molar-refractivity contribution in [2.45, 2.75) is 27.2 Å². The van der Waals surface area contributed by atoms with Gasteiger partial charge >= 0.3 is 5.97 Å². The van der Waals surface area contributed by atoms with Crippen molar-refractivity contribution in [1.82, 2.24) is 0 Å². The first kappa shape index (κ1) is 15.3. The molecular weight excluding hydrogens is 240 g/mol. The first-order valence-electron chi connectivity index (χ1n) is 6.61. The zero-order chi connectivity index (χ0) is 14.3. The summed E-state index contributed by atoms with van der Waals surface area (Å²) in [4.78, 5) is 11.4. The largest absolute Gasteiger partial charge is 0.494 e. The van der Waals surface area contributed by atoms with Crippen molar-refractivity contribution in [3.8, 4) is 5.75 Å². The van der Waals surface area contributed by atoms with Crippen LogP contribution in [0.25, 0.3) is 5.57 Å². The maximum absolute atomic E-state index is 11.4. The molecule has 3 nitrogen and oxygen atoms in total. The van der Waals surface area contributed by atoms with Crippen LogP contribution in [0.2, 0.25) is 0 Å². The molecule has 0 fully saturated rings. The minimum absolute atomic E-state index is 0.251. The topological polar surface area (TPSA) is 35.5 Å².